The van der Waals surface area contributed by atoms with Crippen molar-refractivity contribution < 1.29 is 2.97 Å². The van der Waals surface area contributed by atoms with Crippen LogP contribution in [0, 0.1) is 26.5 Å². The van der Waals surface area contributed by atoms with E-state index in [2.05, 4.69) is 19.1 Å². The summed E-state index contributed by atoms with van der Waals surface area (Å²) in [7, 11) is 0. The molecule has 0 aromatic heterocycles. The first-order valence-electron chi connectivity index (χ1n) is 5.53. The molecule has 0 saturated heterocycles. The Morgan fingerprint density at radius 2 is 1.00 bits per heavy atom. The third-order valence-electron chi connectivity index (χ3n) is 1.21. The molecular weight excluding hydrogens is 180 g/mol. The van der Waals surface area contributed by atoms with Gasteiger partial charge in [0.05, 0.1) is 0 Å². The Labute approximate surface area is 97.7 Å². The van der Waals surface area contributed by atoms with Crippen LogP contribution in [0.3, 0.4) is 0 Å². The Bertz CT molecular complexity index is 184. The molecule has 0 amide bonds. The minimum Gasteiger partial charge on any atom is -0.0683 e. The fourth-order valence-corrected chi connectivity index (χ4v) is 0.684. The molecule has 0 aliphatic carbocycles. The minimum absolute atomic E-state index is 0. The first kappa shape index (κ1) is 13.4. The van der Waals surface area contributed by atoms with E-state index in [9.17, 15) is 0 Å². The van der Waals surface area contributed by atoms with E-state index in [0.29, 0.717) is 0 Å². The predicted octanol–water partition coefficient (Wildman–Crippen LogP) is 4.51. The van der Waals surface area contributed by atoms with Gasteiger partial charge in [0.2, 0.25) is 0 Å². The smallest absolute Gasteiger partial charge is 0 e. The van der Waals surface area contributed by atoms with Crippen LogP contribution in [-0.2, 0) is 0 Å². The zero-order valence-corrected chi connectivity index (χ0v) is 9.48. The van der Waals surface area contributed by atoms with Crippen LogP contribution in [0.5, 0.6) is 0 Å². The van der Waals surface area contributed by atoms with E-state index in [-0.39, 0.29) is 7.43 Å². The summed E-state index contributed by atoms with van der Waals surface area (Å²) in [4.78, 5) is 0. The lowest BCUT2D eigenvalue weighted by Gasteiger charge is -1.68. The fraction of sp³-hybridized carbons (Fsp3) is 0.0667. The molecule has 0 fully saturated rings. The number of hydrogen-bond donors (Lipinski definition) is 0. The van der Waals surface area contributed by atoms with Crippen LogP contribution < -0.4 is 0 Å². The Hall–Kier alpha value is -1.56. The number of benzene rings is 2. The monoisotopic (exact) mass is 202 g/mol. The first-order valence-corrected chi connectivity index (χ1v) is 4.53. The summed E-state index contributed by atoms with van der Waals surface area (Å²) in [6, 6.07) is 25.0. The lowest BCUT2D eigenvalue weighted by Crippen LogP contribution is -1.49. The average Bonchev–Trinajstić information content (AvgIpc) is 2.48. The highest BCUT2D eigenvalue weighted by Gasteiger charge is 1.59. The summed E-state index contributed by atoms with van der Waals surface area (Å²) < 4.78 is 10.0. The molecule has 0 aliphatic rings. The summed E-state index contributed by atoms with van der Waals surface area (Å²) in [6.45, 7) is 5.00. The summed E-state index contributed by atoms with van der Waals surface area (Å²) in [5, 5.41) is 0. The molecule has 2 aromatic rings. The van der Waals surface area contributed by atoms with Crippen LogP contribution in [0.25, 0.3) is 0 Å². The summed E-state index contributed by atoms with van der Waals surface area (Å²) in [5.41, 5.74) is 0. The van der Waals surface area contributed by atoms with Gasteiger partial charge in [-0.2, -0.15) is 0 Å². The summed E-state index contributed by atoms with van der Waals surface area (Å²) in [6.07, 6.45) is 0. The van der Waals surface area contributed by atoms with E-state index in [1.165, 1.54) is 0 Å². The van der Waals surface area contributed by atoms with Crippen molar-refractivity contribution >= 4 is 0 Å². The molecule has 0 nitrogen and oxygen atoms in total. The molecule has 15 heavy (non-hydrogen) atoms. The van der Waals surface area contributed by atoms with Crippen LogP contribution in [0.15, 0.2) is 60.7 Å². The third kappa shape index (κ3) is 12.4. The highest BCUT2D eigenvalue weighted by atomic mass is 13.7. The lowest BCUT2D eigenvalue weighted by atomic mass is 10.4. The van der Waals surface area contributed by atoms with Crippen molar-refractivity contribution in [2.75, 3.05) is 0 Å². The molecule has 0 heterocycles. The minimum atomic E-state index is 0. The van der Waals surface area contributed by atoms with E-state index in [0.717, 1.165) is 0 Å². The van der Waals surface area contributed by atoms with Gasteiger partial charge in [-0.25, -0.2) is 0 Å². The molecule has 0 spiro atoms. The second kappa shape index (κ2) is 14.9. The largest absolute Gasteiger partial charge is 0.0683 e. The maximum atomic E-state index is 5.00. The van der Waals surface area contributed by atoms with Crippen molar-refractivity contribution in [3.63, 3.8) is 0 Å². The van der Waals surface area contributed by atoms with Gasteiger partial charge in [0.1, 0.15) is 0 Å². The van der Waals surface area contributed by atoms with Crippen LogP contribution in [-0.4, -0.2) is 0 Å². The molecule has 2 rings (SSSR count). The number of rotatable bonds is 0. The van der Waals surface area contributed by atoms with E-state index < -0.39 is 0 Å². The highest BCUT2D eigenvalue weighted by Crippen LogP contribution is 1.79. The van der Waals surface area contributed by atoms with Crippen LogP contribution in [0.4, 0.5) is 0 Å². The predicted molar refractivity (Wildman–Crippen MR) is 70.1 cm³/mol. The van der Waals surface area contributed by atoms with Gasteiger partial charge in [-0.05, 0) is 12.1 Å². The summed E-state index contributed by atoms with van der Waals surface area (Å²) in [5.74, 6) is 0. The van der Waals surface area contributed by atoms with Crippen molar-refractivity contribution in [3.05, 3.63) is 87.1 Å². The molecule has 2 aromatic carbocycles. The SMILES string of the molecule is [2H][2H].[CH2]C.[CH3].[c]1ccccc1.[c]1ccccc1. The molecule has 0 bridgehead atoms. The molecule has 0 saturated carbocycles. The maximum Gasteiger partial charge on any atom is 0 e. The van der Waals surface area contributed by atoms with Gasteiger partial charge in [-0.15, -0.1) is 0 Å². The molecule has 80 valence electrons. The lowest BCUT2D eigenvalue weighted by molar-refractivity contribution is 1.70. The Kier molecular flexibility index (Phi) is 13.4. The van der Waals surface area contributed by atoms with Crippen LogP contribution in [0.1, 0.15) is 9.89 Å². The maximum absolute atomic E-state index is 5.00. The Balaban J connectivity index is -0.000000171. The summed E-state index contributed by atoms with van der Waals surface area (Å²) >= 11 is 0. The standard InChI is InChI=1S/2C6H5.C2H5.CH3.H2/c2*1-2-4-6-5-3-1;1-2;;/h2*1-5H;1H2,2H3;1H3;1H/i;;;;1+1D. The van der Waals surface area contributed by atoms with Gasteiger partial charge in [0, 0.05) is 2.97 Å². The van der Waals surface area contributed by atoms with E-state index in [1.54, 1.807) is 6.92 Å². The second-order valence-electron chi connectivity index (χ2n) is 2.15. The topological polar surface area (TPSA) is 0 Å². The van der Waals surface area contributed by atoms with E-state index in [4.69, 9.17) is 2.97 Å². The van der Waals surface area contributed by atoms with Crippen molar-refractivity contribution in [2.24, 2.45) is 0 Å². The third-order valence-corrected chi connectivity index (χ3v) is 1.21. The van der Waals surface area contributed by atoms with Gasteiger partial charge < -0.3 is 0 Å². The van der Waals surface area contributed by atoms with Gasteiger partial charge in [0.15, 0.2) is 0 Å². The van der Waals surface area contributed by atoms with Crippen molar-refractivity contribution in [3.8, 4) is 0 Å². The van der Waals surface area contributed by atoms with Crippen molar-refractivity contribution in [1.82, 2.24) is 0 Å². The number of hydrogen-bond acceptors (Lipinski definition) is 0. The van der Waals surface area contributed by atoms with Crippen LogP contribution >= 0.6 is 0 Å². The fourth-order valence-electron chi connectivity index (χ4n) is 0.684. The van der Waals surface area contributed by atoms with Crippen LogP contribution in [0.2, 0.25) is 0 Å². The molecule has 0 heteroatoms. The normalized spacial score (nSPS) is 7.33. The molecule has 4 radical (unpaired) electrons. The molecule has 0 aliphatic heterocycles. The first-order chi connectivity index (χ1) is 8.00. The van der Waals surface area contributed by atoms with Gasteiger partial charge in [-0.1, -0.05) is 81.9 Å². The van der Waals surface area contributed by atoms with Crippen molar-refractivity contribution in [1.29, 1.82) is 0 Å². The molecule has 0 atom stereocenters. The van der Waals surface area contributed by atoms with Gasteiger partial charge in [-0.3, -0.25) is 0 Å². The van der Waals surface area contributed by atoms with E-state index >= 15 is 0 Å². The quantitative estimate of drug-likeness (QED) is 0.589. The zero-order chi connectivity index (χ0) is 12.5. The van der Waals surface area contributed by atoms with Gasteiger partial charge in [0.25, 0.3) is 0 Å². The molecular formula is C15H20. The van der Waals surface area contributed by atoms with E-state index in [1.807, 2.05) is 60.7 Å². The zero-order valence-electron chi connectivity index (χ0n) is 11.5. The average molecular weight is 202 g/mol. The highest BCUT2D eigenvalue weighted by molar-refractivity contribution is 4.98. The van der Waals surface area contributed by atoms with Gasteiger partial charge >= 0.3 is 0 Å². The Morgan fingerprint density at radius 1 is 0.733 bits per heavy atom. The molecule has 0 N–H and O–H groups in total. The van der Waals surface area contributed by atoms with Crippen molar-refractivity contribution in [2.45, 2.75) is 6.92 Å². The molecule has 0 unspecified atom stereocenters. The second-order valence-corrected chi connectivity index (χ2v) is 2.15. The Morgan fingerprint density at radius 3 is 1.07 bits per heavy atom.